The van der Waals surface area contributed by atoms with Crippen LogP contribution in [0.2, 0.25) is 0 Å². The van der Waals surface area contributed by atoms with E-state index in [4.69, 9.17) is 11.6 Å². The van der Waals surface area contributed by atoms with Crippen LogP contribution in [0.15, 0.2) is 29.3 Å². The van der Waals surface area contributed by atoms with Gasteiger partial charge >= 0.3 is 0 Å². The molecule has 16 heavy (non-hydrogen) atoms. The number of hydrogen-bond acceptors (Lipinski definition) is 3. The molecule has 0 amide bonds. The lowest BCUT2D eigenvalue weighted by Crippen LogP contribution is -2.09. The summed E-state index contributed by atoms with van der Waals surface area (Å²) in [7, 11) is -3.23. The molecule has 0 fully saturated rings. The fourth-order valence-corrected chi connectivity index (χ4v) is 1.93. The van der Waals surface area contributed by atoms with Crippen LogP contribution in [0.25, 0.3) is 0 Å². The van der Waals surface area contributed by atoms with E-state index in [1.807, 2.05) is 6.92 Å². The maximum atomic E-state index is 11.0. The van der Waals surface area contributed by atoms with Crippen molar-refractivity contribution in [3.8, 4) is 0 Å². The summed E-state index contributed by atoms with van der Waals surface area (Å²) in [5.41, 5.74) is 1.27. The number of benzene rings is 1. The second-order valence-corrected chi connectivity index (χ2v) is 5.32. The Morgan fingerprint density at radius 3 is 2.38 bits per heavy atom. The second-order valence-electron chi connectivity index (χ2n) is 3.22. The number of hydrogen-bond donors (Lipinski definition) is 1. The molecule has 0 spiro atoms. The van der Waals surface area contributed by atoms with Gasteiger partial charge in [0.25, 0.3) is 0 Å². The van der Waals surface area contributed by atoms with Gasteiger partial charge in [-0.3, -0.25) is 9.71 Å². The number of sulfonamides is 1. The molecule has 0 heterocycles. The van der Waals surface area contributed by atoms with Gasteiger partial charge < -0.3 is 0 Å². The van der Waals surface area contributed by atoms with Crippen molar-refractivity contribution in [3.63, 3.8) is 0 Å². The molecule has 1 rings (SSSR count). The van der Waals surface area contributed by atoms with Crippen LogP contribution in [0.3, 0.4) is 0 Å². The van der Waals surface area contributed by atoms with Gasteiger partial charge in [0.1, 0.15) is 5.17 Å². The molecule has 0 unspecified atom stereocenters. The predicted octanol–water partition coefficient (Wildman–Crippen LogP) is 2.06. The zero-order valence-electron chi connectivity index (χ0n) is 9.07. The first-order valence-electron chi connectivity index (χ1n) is 4.70. The van der Waals surface area contributed by atoms with Crippen molar-refractivity contribution >= 4 is 32.5 Å². The molecule has 88 valence electrons. The third-order valence-electron chi connectivity index (χ3n) is 1.72. The first-order chi connectivity index (χ1) is 7.42. The lowest BCUT2D eigenvalue weighted by molar-refractivity contribution is 0.607. The van der Waals surface area contributed by atoms with E-state index >= 15 is 0 Å². The van der Waals surface area contributed by atoms with Gasteiger partial charge in [-0.1, -0.05) is 11.6 Å². The Kier molecular flexibility index (Phi) is 4.32. The Morgan fingerprint density at radius 2 is 1.94 bits per heavy atom. The monoisotopic (exact) mass is 260 g/mol. The Morgan fingerprint density at radius 1 is 1.38 bits per heavy atom. The quantitative estimate of drug-likeness (QED) is 0.843. The first-order valence-corrected chi connectivity index (χ1v) is 6.97. The molecule has 0 aliphatic heterocycles. The van der Waals surface area contributed by atoms with Crippen LogP contribution >= 0.6 is 11.6 Å². The van der Waals surface area contributed by atoms with Gasteiger partial charge in [0, 0.05) is 17.8 Å². The zero-order chi connectivity index (χ0) is 12.2. The van der Waals surface area contributed by atoms with Crippen LogP contribution in [0, 0.1) is 0 Å². The summed E-state index contributed by atoms with van der Waals surface area (Å²) >= 11 is 5.90. The SMILES string of the molecule is CCN=C(Cl)c1ccc(NS(C)(=O)=O)cc1. The highest BCUT2D eigenvalue weighted by Crippen LogP contribution is 2.13. The molecule has 6 heteroatoms. The standard InChI is InChI=1S/C10H13ClN2O2S/c1-3-12-10(11)8-4-6-9(7-5-8)13-16(2,14)15/h4-7,13H,3H2,1-2H3. The molecule has 0 aromatic heterocycles. The smallest absolute Gasteiger partial charge is 0.229 e. The molecule has 0 saturated carbocycles. The summed E-state index contributed by atoms with van der Waals surface area (Å²) in [5.74, 6) is 0. The van der Waals surface area contributed by atoms with Gasteiger partial charge in [-0.2, -0.15) is 0 Å². The Balaban J connectivity index is 2.88. The predicted molar refractivity (Wildman–Crippen MR) is 67.8 cm³/mol. The summed E-state index contributed by atoms with van der Waals surface area (Å²) in [4.78, 5) is 4.04. The fraction of sp³-hybridized carbons (Fsp3) is 0.300. The molecule has 0 bridgehead atoms. The van der Waals surface area contributed by atoms with Crippen LogP contribution in [0.4, 0.5) is 5.69 Å². The molecule has 4 nitrogen and oxygen atoms in total. The minimum Gasteiger partial charge on any atom is -0.284 e. The van der Waals surface area contributed by atoms with E-state index in [-0.39, 0.29) is 0 Å². The second kappa shape index (κ2) is 5.32. The Labute approximate surface area is 100 Å². The van der Waals surface area contributed by atoms with Gasteiger partial charge in [-0.25, -0.2) is 8.42 Å². The molecule has 1 N–H and O–H groups in total. The lowest BCUT2D eigenvalue weighted by atomic mass is 10.2. The number of rotatable bonds is 4. The van der Waals surface area contributed by atoms with E-state index in [9.17, 15) is 8.42 Å². The number of halogens is 1. The first kappa shape index (κ1) is 13.0. The summed E-state index contributed by atoms with van der Waals surface area (Å²) in [5, 5.41) is 0.424. The van der Waals surface area contributed by atoms with Crippen molar-refractivity contribution in [3.05, 3.63) is 29.8 Å². The number of nitrogens with one attached hydrogen (secondary N) is 1. The normalized spacial score (nSPS) is 12.6. The van der Waals surface area contributed by atoms with Gasteiger partial charge in [0.15, 0.2) is 0 Å². The lowest BCUT2D eigenvalue weighted by Gasteiger charge is -2.04. The molecule has 0 aliphatic rings. The summed E-state index contributed by atoms with van der Waals surface area (Å²) < 4.78 is 24.3. The Hall–Kier alpha value is -1.07. The molecule has 0 aliphatic carbocycles. The molecule has 0 saturated heterocycles. The molecule has 1 aromatic carbocycles. The largest absolute Gasteiger partial charge is 0.284 e. The Bertz CT molecular complexity index is 480. The third-order valence-corrected chi connectivity index (χ3v) is 2.67. The van der Waals surface area contributed by atoms with Crippen molar-refractivity contribution in [2.75, 3.05) is 17.5 Å². The minimum absolute atomic E-state index is 0.424. The molecule has 0 atom stereocenters. The van der Waals surface area contributed by atoms with Gasteiger partial charge in [0.05, 0.1) is 6.26 Å². The van der Waals surface area contributed by atoms with Crippen molar-refractivity contribution in [2.45, 2.75) is 6.92 Å². The van der Waals surface area contributed by atoms with E-state index < -0.39 is 10.0 Å². The van der Waals surface area contributed by atoms with Crippen molar-refractivity contribution in [1.29, 1.82) is 0 Å². The number of anilines is 1. The third kappa shape index (κ3) is 4.20. The van der Waals surface area contributed by atoms with Crippen LogP contribution in [0.1, 0.15) is 12.5 Å². The summed E-state index contributed by atoms with van der Waals surface area (Å²) in [6, 6.07) is 6.72. The molecular formula is C10H13ClN2O2S. The van der Waals surface area contributed by atoms with Crippen LogP contribution in [-0.2, 0) is 10.0 Å². The highest BCUT2D eigenvalue weighted by Gasteiger charge is 2.03. The van der Waals surface area contributed by atoms with Crippen LogP contribution < -0.4 is 4.72 Å². The van der Waals surface area contributed by atoms with Crippen molar-refractivity contribution in [2.24, 2.45) is 4.99 Å². The maximum absolute atomic E-state index is 11.0. The van der Waals surface area contributed by atoms with E-state index in [0.717, 1.165) is 11.8 Å². The molecule has 0 radical (unpaired) electrons. The van der Waals surface area contributed by atoms with Crippen LogP contribution in [0.5, 0.6) is 0 Å². The molecular weight excluding hydrogens is 248 g/mol. The summed E-state index contributed by atoms with van der Waals surface area (Å²) in [6.45, 7) is 2.50. The van der Waals surface area contributed by atoms with E-state index in [0.29, 0.717) is 17.4 Å². The molecule has 1 aromatic rings. The van der Waals surface area contributed by atoms with Crippen molar-refractivity contribution in [1.82, 2.24) is 0 Å². The van der Waals surface area contributed by atoms with Gasteiger partial charge in [-0.15, -0.1) is 0 Å². The van der Waals surface area contributed by atoms with E-state index in [1.54, 1.807) is 24.3 Å². The van der Waals surface area contributed by atoms with Crippen molar-refractivity contribution < 1.29 is 8.42 Å². The zero-order valence-corrected chi connectivity index (χ0v) is 10.6. The van der Waals surface area contributed by atoms with E-state index in [1.165, 1.54) is 0 Å². The van der Waals surface area contributed by atoms with Crippen LogP contribution in [-0.4, -0.2) is 26.4 Å². The fourth-order valence-electron chi connectivity index (χ4n) is 1.12. The maximum Gasteiger partial charge on any atom is 0.229 e. The average Bonchev–Trinajstić information content (AvgIpc) is 2.16. The average molecular weight is 261 g/mol. The van der Waals surface area contributed by atoms with Gasteiger partial charge in [-0.05, 0) is 31.2 Å². The summed E-state index contributed by atoms with van der Waals surface area (Å²) in [6.07, 6.45) is 1.10. The highest BCUT2D eigenvalue weighted by molar-refractivity contribution is 7.92. The number of aliphatic imine (C=N–C) groups is 1. The number of nitrogens with zero attached hydrogens (tertiary/aromatic N) is 1. The van der Waals surface area contributed by atoms with E-state index in [2.05, 4.69) is 9.71 Å². The topological polar surface area (TPSA) is 58.5 Å². The highest BCUT2D eigenvalue weighted by atomic mass is 35.5. The van der Waals surface area contributed by atoms with Gasteiger partial charge in [0.2, 0.25) is 10.0 Å². The minimum atomic E-state index is -3.23.